The number of rotatable bonds is 9. The molecule has 1 N–H and O–H groups in total. The molecule has 3 atom stereocenters. The molecule has 0 spiro atoms. The van der Waals surface area contributed by atoms with Gasteiger partial charge in [0.15, 0.2) is 24.3 Å². The zero-order valence-electron chi connectivity index (χ0n) is 17.4. The van der Waals surface area contributed by atoms with Gasteiger partial charge < -0.3 is 19.7 Å². The summed E-state index contributed by atoms with van der Waals surface area (Å²) in [7, 11) is 1.20. The maximum Gasteiger partial charge on any atom is 0.422 e. The minimum Gasteiger partial charge on any atom is -0.454 e. The van der Waals surface area contributed by atoms with Crippen LogP contribution in [0.25, 0.3) is 0 Å². The average molecular weight is 466 g/mol. The molecule has 1 aliphatic rings. The second-order valence-electron chi connectivity index (χ2n) is 7.34. The van der Waals surface area contributed by atoms with E-state index in [1.807, 2.05) is 0 Å². The average Bonchev–Trinajstić information content (AvgIpc) is 3.05. The van der Waals surface area contributed by atoms with E-state index in [1.54, 1.807) is 0 Å². The van der Waals surface area contributed by atoms with Crippen molar-refractivity contribution in [1.29, 1.82) is 0 Å². The number of carbonyl (C=O) groups is 3. The molecule has 1 fully saturated rings. The van der Waals surface area contributed by atoms with Crippen LogP contribution in [0.1, 0.15) is 31.7 Å². The van der Waals surface area contributed by atoms with Gasteiger partial charge in [0.2, 0.25) is 11.8 Å². The Balaban J connectivity index is 2.05. The molecule has 1 aromatic carbocycles. The van der Waals surface area contributed by atoms with Crippen molar-refractivity contribution in [3.05, 3.63) is 35.4 Å². The standard InChI is InChI=1S/C20H23F5N2O5/c1-11(31-2)18(19(30)32-10-20(23,24)25)26-15(28)8-13-6-7-16(29)27(13)9-12-4-3-5-14(21)17(12)22/h3-5,11,13,18H,6-10H2,1-2H3,(H,26,28)/t11-,13+,18+/m1/s1. The molecule has 32 heavy (non-hydrogen) atoms. The third kappa shape index (κ3) is 6.87. The Labute approximate surface area is 180 Å². The summed E-state index contributed by atoms with van der Waals surface area (Å²) in [4.78, 5) is 38.0. The molecule has 12 heteroatoms. The number of halogens is 5. The third-order valence-electron chi connectivity index (χ3n) is 5.04. The molecule has 2 rings (SSSR count). The molecule has 2 amide bonds. The second kappa shape index (κ2) is 10.7. The van der Waals surface area contributed by atoms with Crippen LogP contribution in [0.3, 0.4) is 0 Å². The molecule has 178 valence electrons. The highest BCUT2D eigenvalue weighted by Gasteiger charge is 2.37. The Morgan fingerprint density at radius 1 is 1.28 bits per heavy atom. The summed E-state index contributed by atoms with van der Waals surface area (Å²) < 4.78 is 73.5. The van der Waals surface area contributed by atoms with Crippen LogP contribution in [-0.2, 0) is 30.4 Å². The quantitative estimate of drug-likeness (QED) is 0.447. The maximum absolute atomic E-state index is 14.0. The molecule has 0 bridgehead atoms. The van der Waals surface area contributed by atoms with Gasteiger partial charge in [0.1, 0.15) is 0 Å². The Morgan fingerprint density at radius 2 is 1.97 bits per heavy atom. The highest BCUT2D eigenvalue weighted by molar-refractivity contribution is 5.86. The molecule has 1 aromatic rings. The maximum atomic E-state index is 14.0. The lowest BCUT2D eigenvalue weighted by Crippen LogP contribution is -2.50. The predicted octanol–water partition coefficient (Wildman–Crippen LogP) is 2.47. The van der Waals surface area contributed by atoms with Gasteiger partial charge in [-0.25, -0.2) is 13.6 Å². The van der Waals surface area contributed by atoms with Crippen LogP contribution in [0.4, 0.5) is 22.0 Å². The van der Waals surface area contributed by atoms with Crippen molar-refractivity contribution < 1.29 is 45.8 Å². The van der Waals surface area contributed by atoms with E-state index < -0.39 is 54.5 Å². The fraction of sp³-hybridized carbons (Fsp3) is 0.550. The van der Waals surface area contributed by atoms with Crippen LogP contribution in [0, 0.1) is 11.6 Å². The third-order valence-corrected chi connectivity index (χ3v) is 5.04. The second-order valence-corrected chi connectivity index (χ2v) is 7.34. The topological polar surface area (TPSA) is 84.9 Å². The first-order valence-electron chi connectivity index (χ1n) is 9.70. The number of hydrogen-bond donors (Lipinski definition) is 1. The summed E-state index contributed by atoms with van der Waals surface area (Å²) in [6.45, 7) is -0.720. The van der Waals surface area contributed by atoms with Gasteiger partial charge >= 0.3 is 12.1 Å². The van der Waals surface area contributed by atoms with Gasteiger partial charge in [-0.1, -0.05) is 12.1 Å². The van der Waals surface area contributed by atoms with Gasteiger partial charge in [-0.05, 0) is 19.4 Å². The molecule has 0 saturated carbocycles. The Bertz CT molecular complexity index is 848. The minimum atomic E-state index is -4.74. The van der Waals surface area contributed by atoms with Gasteiger partial charge in [0, 0.05) is 38.1 Å². The normalized spacial score (nSPS) is 18.4. The Hall–Kier alpha value is -2.76. The monoisotopic (exact) mass is 466 g/mol. The molecule has 1 aliphatic heterocycles. The molecule has 0 aliphatic carbocycles. The number of amides is 2. The van der Waals surface area contributed by atoms with E-state index in [1.165, 1.54) is 31.1 Å². The van der Waals surface area contributed by atoms with Crippen LogP contribution in [0.5, 0.6) is 0 Å². The lowest BCUT2D eigenvalue weighted by molar-refractivity contribution is -0.189. The van der Waals surface area contributed by atoms with Crippen molar-refractivity contribution in [3.63, 3.8) is 0 Å². The van der Waals surface area contributed by atoms with Crippen molar-refractivity contribution >= 4 is 17.8 Å². The van der Waals surface area contributed by atoms with E-state index in [0.29, 0.717) is 0 Å². The number of likely N-dealkylation sites (tertiary alicyclic amines) is 1. The molecule has 7 nitrogen and oxygen atoms in total. The van der Waals surface area contributed by atoms with Gasteiger partial charge in [-0.15, -0.1) is 0 Å². The predicted molar refractivity (Wildman–Crippen MR) is 100.0 cm³/mol. The first-order valence-corrected chi connectivity index (χ1v) is 9.70. The summed E-state index contributed by atoms with van der Waals surface area (Å²) in [6.07, 6.45) is -5.70. The fourth-order valence-electron chi connectivity index (χ4n) is 3.27. The van der Waals surface area contributed by atoms with Crippen LogP contribution < -0.4 is 5.32 Å². The molecule has 0 radical (unpaired) electrons. The largest absolute Gasteiger partial charge is 0.454 e. The first-order chi connectivity index (χ1) is 14.9. The molecular weight excluding hydrogens is 443 g/mol. The van der Waals surface area contributed by atoms with E-state index in [9.17, 15) is 36.3 Å². The van der Waals surface area contributed by atoms with Gasteiger partial charge in [0.25, 0.3) is 0 Å². The van der Waals surface area contributed by atoms with Crippen molar-refractivity contribution in [2.75, 3.05) is 13.7 Å². The van der Waals surface area contributed by atoms with Crippen LogP contribution in [-0.4, -0.2) is 60.8 Å². The molecular formula is C20H23F5N2O5. The summed E-state index contributed by atoms with van der Waals surface area (Å²) in [5, 5.41) is 2.27. The Morgan fingerprint density at radius 3 is 2.59 bits per heavy atom. The molecule has 1 heterocycles. The number of hydrogen-bond acceptors (Lipinski definition) is 5. The van der Waals surface area contributed by atoms with Gasteiger partial charge in [0.05, 0.1) is 6.10 Å². The Kier molecular flexibility index (Phi) is 8.53. The number of alkyl halides is 3. The number of nitrogens with one attached hydrogen (secondary N) is 1. The smallest absolute Gasteiger partial charge is 0.422 e. The lowest BCUT2D eigenvalue weighted by Gasteiger charge is -2.27. The van der Waals surface area contributed by atoms with E-state index in [0.717, 1.165) is 6.07 Å². The zero-order chi connectivity index (χ0) is 24.1. The van der Waals surface area contributed by atoms with Crippen LogP contribution in [0.15, 0.2) is 18.2 Å². The summed E-state index contributed by atoms with van der Waals surface area (Å²) in [6, 6.07) is 1.36. The van der Waals surface area contributed by atoms with E-state index in [2.05, 4.69) is 10.1 Å². The molecule has 1 saturated heterocycles. The SMILES string of the molecule is CO[C@H](C)[C@H](NC(=O)C[C@@H]1CCC(=O)N1Cc1cccc(F)c1F)C(=O)OCC(F)(F)F. The minimum absolute atomic E-state index is 0.0627. The number of ether oxygens (including phenoxy) is 2. The zero-order valence-corrected chi connectivity index (χ0v) is 17.4. The van der Waals surface area contributed by atoms with Crippen molar-refractivity contribution in [3.8, 4) is 0 Å². The fourth-order valence-corrected chi connectivity index (χ4v) is 3.27. The highest BCUT2D eigenvalue weighted by atomic mass is 19.4. The molecule has 0 aromatic heterocycles. The van der Waals surface area contributed by atoms with Crippen molar-refractivity contribution in [2.24, 2.45) is 0 Å². The molecule has 0 unspecified atom stereocenters. The van der Waals surface area contributed by atoms with E-state index >= 15 is 0 Å². The number of methoxy groups -OCH3 is 1. The van der Waals surface area contributed by atoms with Gasteiger partial charge in [-0.3, -0.25) is 9.59 Å². The number of nitrogens with zero attached hydrogens (tertiary/aromatic N) is 1. The van der Waals surface area contributed by atoms with Gasteiger partial charge in [-0.2, -0.15) is 13.2 Å². The summed E-state index contributed by atoms with van der Waals surface area (Å²) in [5.41, 5.74) is -0.0627. The van der Waals surface area contributed by atoms with Crippen LogP contribution in [0.2, 0.25) is 0 Å². The first kappa shape index (κ1) is 25.5. The number of carbonyl (C=O) groups excluding carboxylic acids is 3. The van der Waals surface area contributed by atoms with Crippen molar-refractivity contribution in [2.45, 2.75) is 57.1 Å². The van der Waals surface area contributed by atoms with Crippen molar-refractivity contribution in [1.82, 2.24) is 10.2 Å². The lowest BCUT2D eigenvalue weighted by atomic mass is 10.1. The highest BCUT2D eigenvalue weighted by Crippen LogP contribution is 2.25. The summed E-state index contributed by atoms with van der Waals surface area (Å²) >= 11 is 0. The number of esters is 1. The summed E-state index contributed by atoms with van der Waals surface area (Å²) in [5.74, 6) is -4.61. The number of benzene rings is 1. The van der Waals surface area contributed by atoms with E-state index in [-0.39, 0.29) is 37.3 Å². The van der Waals surface area contributed by atoms with E-state index in [4.69, 9.17) is 4.74 Å². The van der Waals surface area contributed by atoms with Crippen LogP contribution >= 0.6 is 0 Å².